The lowest BCUT2D eigenvalue weighted by atomic mass is 9.58. The lowest BCUT2D eigenvalue weighted by molar-refractivity contribution is 0.368. The Bertz CT molecular complexity index is 30.0. The molecule has 3 nitrogen and oxygen atoms in total. The van der Waals surface area contributed by atoms with E-state index in [0.717, 1.165) is 6.71 Å². The van der Waals surface area contributed by atoms with Crippen molar-refractivity contribution in [3.63, 3.8) is 0 Å². The van der Waals surface area contributed by atoms with E-state index < -0.39 is 8.60 Å². The monoisotopic (exact) mass is 138 g/mol. The van der Waals surface area contributed by atoms with Crippen molar-refractivity contribution < 1.29 is 14.7 Å². The van der Waals surface area contributed by atoms with Gasteiger partial charge in [0.25, 0.3) is 0 Å². The summed E-state index contributed by atoms with van der Waals surface area (Å²) in [7, 11) is -2.62. The van der Waals surface area contributed by atoms with Crippen LogP contribution in [0.5, 0.6) is 0 Å². The Morgan fingerprint density at radius 2 is 1.00 bits per heavy atom. The molecule has 0 aromatic carbocycles. The van der Waals surface area contributed by atoms with Crippen LogP contribution >= 0.6 is 8.60 Å². The molecule has 0 saturated heterocycles. The maximum Gasteiger partial charge on any atom is 0.324 e. The molecule has 0 fully saturated rings. The smallest absolute Gasteiger partial charge is 0.324 e. The van der Waals surface area contributed by atoms with E-state index in [1.54, 1.807) is 0 Å². The average molecular weight is 138 g/mol. The molecule has 0 saturated carbocycles. The van der Waals surface area contributed by atoms with Crippen LogP contribution in [-0.4, -0.2) is 21.4 Å². The molecular formula is C3H12BO3P. The van der Waals surface area contributed by atoms with Crippen LogP contribution in [0.3, 0.4) is 0 Å². The van der Waals surface area contributed by atoms with E-state index >= 15 is 0 Å². The maximum absolute atomic E-state index is 7.23. The lowest BCUT2D eigenvalue weighted by Crippen LogP contribution is -1.84. The second kappa shape index (κ2) is 7.37. The third-order valence-corrected chi connectivity index (χ3v) is 0. The minimum absolute atomic E-state index is 0.833. The van der Waals surface area contributed by atoms with Crippen LogP contribution in [0.15, 0.2) is 0 Å². The van der Waals surface area contributed by atoms with Crippen LogP contribution in [0.4, 0.5) is 0 Å². The Morgan fingerprint density at radius 3 is 1.00 bits per heavy atom. The normalized spacial score (nSPS) is 7.88. The van der Waals surface area contributed by atoms with Gasteiger partial charge >= 0.3 is 8.60 Å². The molecule has 3 N–H and O–H groups in total. The number of rotatable bonds is 0. The average Bonchev–Trinajstić information content (AvgIpc) is 1.25. The molecule has 0 spiro atoms. The number of hydrogen-bond donors (Lipinski definition) is 3. The zero-order chi connectivity index (χ0) is 7.15. The van der Waals surface area contributed by atoms with Crippen molar-refractivity contribution in [2.24, 2.45) is 0 Å². The van der Waals surface area contributed by atoms with Gasteiger partial charge in [-0.3, -0.25) is 0 Å². The lowest BCUT2D eigenvalue weighted by Gasteiger charge is -1.76. The summed E-state index contributed by atoms with van der Waals surface area (Å²) in [6.45, 7) is 7.33. The van der Waals surface area contributed by atoms with Crippen LogP contribution in [0.1, 0.15) is 0 Å². The minimum Gasteiger partial charge on any atom is -0.328 e. The van der Waals surface area contributed by atoms with E-state index in [-0.39, 0.29) is 0 Å². The fourth-order valence-corrected chi connectivity index (χ4v) is 0. The minimum atomic E-state index is -2.62. The second-order valence-corrected chi connectivity index (χ2v) is 2.54. The van der Waals surface area contributed by atoms with Crippen molar-refractivity contribution in [1.82, 2.24) is 0 Å². The third-order valence-electron chi connectivity index (χ3n) is 0. The SMILES string of the molecule is CB(C)C.OP(O)O. The second-order valence-electron chi connectivity index (χ2n) is 2.00. The van der Waals surface area contributed by atoms with Crippen molar-refractivity contribution in [3.05, 3.63) is 0 Å². The molecule has 0 heterocycles. The van der Waals surface area contributed by atoms with Crippen LogP contribution in [0, 0.1) is 0 Å². The molecular weight excluding hydrogens is 126 g/mol. The van der Waals surface area contributed by atoms with Crippen molar-refractivity contribution in [2.75, 3.05) is 0 Å². The van der Waals surface area contributed by atoms with Gasteiger partial charge in [0.05, 0.1) is 0 Å². The molecule has 0 aromatic rings. The predicted octanol–water partition coefficient (Wildman–Crippen LogP) is 0.561. The van der Waals surface area contributed by atoms with Crippen LogP contribution in [0.25, 0.3) is 0 Å². The van der Waals surface area contributed by atoms with Crippen molar-refractivity contribution in [1.29, 1.82) is 0 Å². The van der Waals surface area contributed by atoms with E-state index in [1.807, 2.05) is 0 Å². The summed E-state index contributed by atoms with van der Waals surface area (Å²) in [6.07, 6.45) is 0. The zero-order valence-corrected chi connectivity index (χ0v) is 6.26. The molecule has 0 radical (unpaired) electrons. The topological polar surface area (TPSA) is 60.7 Å². The van der Waals surface area contributed by atoms with Crippen molar-refractivity contribution >= 4 is 15.3 Å². The summed E-state index contributed by atoms with van der Waals surface area (Å²) in [4.78, 5) is 21.7. The molecule has 5 heteroatoms. The Hall–Kier alpha value is 0.375. The summed E-state index contributed by atoms with van der Waals surface area (Å²) in [6, 6.07) is 0. The van der Waals surface area contributed by atoms with Gasteiger partial charge in [-0.2, -0.15) is 0 Å². The van der Waals surface area contributed by atoms with E-state index in [9.17, 15) is 0 Å². The van der Waals surface area contributed by atoms with Gasteiger partial charge in [-0.1, -0.05) is 20.5 Å². The molecule has 0 aliphatic heterocycles. The highest BCUT2D eigenvalue weighted by atomic mass is 31.2. The third kappa shape index (κ3) is 1310. The van der Waals surface area contributed by atoms with Gasteiger partial charge in [0.15, 0.2) is 0 Å². The van der Waals surface area contributed by atoms with Crippen LogP contribution in [0.2, 0.25) is 20.5 Å². The molecule has 0 amide bonds. The molecule has 0 bridgehead atoms. The van der Waals surface area contributed by atoms with E-state index in [4.69, 9.17) is 14.7 Å². The highest BCUT2D eigenvalue weighted by Crippen LogP contribution is 2.11. The highest BCUT2D eigenvalue weighted by molar-refractivity contribution is 7.38. The summed E-state index contributed by atoms with van der Waals surface area (Å²) >= 11 is 0. The van der Waals surface area contributed by atoms with Gasteiger partial charge in [0, 0.05) is 0 Å². The Labute approximate surface area is 51.4 Å². The highest BCUT2D eigenvalue weighted by Gasteiger charge is 1.76. The quantitative estimate of drug-likeness (QED) is 0.338. The first-order valence-corrected chi connectivity index (χ1v) is 3.53. The molecule has 0 atom stereocenters. The van der Waals surface area contributed by atoms with Gasteiger partial charge in [-0.25, -0.2) is 0 Å². The summed E-state index contributed by atoms with van der Waals surface area (Å²) in [5, 5.41) is 0. The van der Waals surface area contributed by atoms with Gasteiger partial charge in [-0.15, -0.1) is 0 Å². The van der Waals surface area contributed by atoms with E-state index in [0.29, 0.717) is 0 Å². The first-order chi connectivity index (χ1) is 3.46. The predicted molar refractivity (Wildman–Crippen MR) is 36.9 cm³/mol. The molecule has 0 aromatic heterocycles. The summed E-state index contributed by atoms with van der Waals surface area (Å²) in [5.74, 6) is 0. The van der Waals surface area contributed by atoms with Gasteiger partial charge in [0.2, 0.25) is 0 Å². The van der Waals surface area contributed by atoms with Crippen LogP contribution < -0.4 is 0 Å². The number of hydrogen-bond acceptors (Lipinski definition) is 3. The van der Waals surface area contributed by atoms with Crippen molar-refractivity contribution in [3.8, 4) is 0 Å². The molecule has 0 unspecified atom stereocenters. The molecule has 0 aliphatic rings. The van der Waals surface area contributed by atoms with Gasteiger partial charge < -0.3 is 14.7 Å². The Kier molecular flexibility index (Phi) is 10.3. The molecule has 0 aliphatic carbocycles. The van der Waals surface area contributed by atoms with E-state index in [2.05, 4.69) is 20.5 Å². The fourth-order valence-electron chi connectivity index (χ4n) is 0. The molecule has 50 valence electrons. The maximum atomic E-state index is 7.23. The first-order valence-electron chi connectivity index (χ1n) is 2.33. The first kappa shape index (κ1) is 11.2. The van der Waals surface area contributed by atoms with Crippen molar-refractivity contribution in [2.45, 2.75) is 20.5 Å². The summed E-state index contributed by atoms with van der Waals surface area (Å²) in [5.41, 5.74) is 0. The van der Waals surface area contributed by atoms with Gasteiger partial charge in [0.1, 0.15) is 6.71 Å². The Balaban J connectivity index is 0. The van der Waals surface area contributed by atoms with Crippen LogP contribution in [-0.2, 0) is 0 Å². The summed E-state index contributed by atoms with van der Waals surface area (Å²) < 4.78 is 0. The van der Waals surface area contributed by atoms with Gasteiger partial charge in [-0.05, 0) is 0 Å². The van der Waals surface area contributed by atoms with E-state index in [1.165, 1.54) is 0 Å². The molecule has 8 heavy (non-hydrogen) atoms. The Morgan fingerprint density at radius 1 is 1.00 bits per heavy atom. The zero-order valence-electron chi connectivity index (χ0n) is 5.37. The standard InChI is InChI=1S/C3H9B.H3O3P/c2*1-4(2)3/h1-3H3;1-3H. The fraction of sp³-hybridized carbons (Fsp3) is 1.00. The molecule has 0 rings (SSSR count). The largest absolute Gasteiger partial charge is 0.328 e.